The number of hydrogen-bond acceptors (Lipinski definition) is 4. The molecule has 0 aliphatic carbocycles. The van der Waals surface area contributed by atoms with Gasteiger partial charge in [-0.1, -0.05) is 41.7 Å². The molecule has 0 fully saturated rings. The standard InChI is InChI=1S/C17H16N2O2S/c1-11-7-3-5-9-14(11)21-12(2)16(20)19-17-18-13-8-4-6-10-15(13)22-17/h3-10,12H,1-2H3,(H,18,19,20)/t12-/m1/s1. The van der Waals surface area contributed by atoms with Crippen LogP contribution in [0.5, 0.6) is 5.75 Å². The molecule has 0 aliphatic heterocycles. The van der Waals surface area contributed by atoms with Crippen LogP contribution < -0.4 is 10.1 Å². The van der Waals surface area contributed by atoms with E-state index in [4.69, 9.17) is 4.74 Å². The number of ether oxygens (including phenoxy) is 1. The van der Waals surface area contributed by atoms with Crippen molar-refractivity contribution in [2.75, 3.05) is 5.32 Å². The Kier molecular flexibility index (Phi) is 4.06. The Morgan fingerprint density at radius 2 is 1.91 bits per heavy atom. The molecule has 1 aromatic heterocycles. The molecule has 112 valence electrons. The number of aryl methyl sites for hydroxylation is 1. The first-order valence-electron chi connectivity index (χ1n) is 7.02. The highest BCUT2D eigenvalue weighted by Gasteiger charge is 2.17. The second-order valence-corrected chi connectivity index (χ2v) is 6.03. The highest BCUT2D eigenvalue weighted by Crippen LogP contribution is 2.25. The minimum atomic E-state index is -0.590. The quantitative estimate of drug-likeness (QED) is 0.792. The summed E-state index contributed by atoms with van der Waals surface area (Å²) in [5.74, 6) is 0.511. The van der Waals surface area contributed by atoms with Gasteiger partial charge in [-0.3, -0.25) is 10.1 Å². The Hall–Kier alpha value is -2.40. The zero-order chi connectivity index (χ0) is 15.5. The van der Waals surface area contributed by atoms with Crippen LogP contribution in [0, 0.1) is 6.92 Å². The zero-order valence-electron chi connectivity index (χ0n) is 12.4. The van der Waals surface area contributed by atoms with Crippen molar-refractivity contribution in [3.05, 3.63) is 54.1 Å². The van der Waals surface area contributed by atoms with Gasteiger partial charge < -0.3 is 4.74 Å². The largest absolute Gasteiger partial charge is 0.481 e. The van der Waals surface area contributed by atoms with Gasteiger partial charge in [-0.05, 0) is 37.6 Å². The van der Waals surface area contributed by atoms with Crippen LogP contribution in [-0.4, -0.2) is 17.0 Å². The maximum Gasteiger partial charge on any atom is 0.266 e. The van der Waals surface area contributed by atoms with Gasteiger partial charge in [-0.15, -0.1) is 0 Å². The van der Waals surface area contributed by atoms with Crippen LogP contribution in [0.2, 0.25) is 0 Å². The molecule has 0 saturated carbocycles. The molecule has 4 nitrogen and oxygen atoms in total. The number of carbonyl (C=O) groups excluding carboxylic acids is 1. The maximum absolute atomic E-state index is 12.2. The van der Waals surface area contributed by atoms with Crippen molar-refractivity contribution in [1.29, 1.82) is 0 Å². The van der Waals surface area contributed by atoms with Crippen LogP contribution in [0.4, 0.5) is 5.13 Å². The van der Waals surface area contributed by atoms with E-state index in [9.17, 15) is 4.79 Å². The Morgan fingerprint density at radius 3 is 2.68 bits per heavy atom. The molecular formula is C17H16N2O2S. The van der Waals surface area contributed by atoms with E-state index in [1.165, 1.54) is 11.3 Å². The van der Waals surface area contributed by atoms with E-state index in [1.54, 1.807) is 6.92 Å². The number of thiazole rings is 1. The predicted octanol–water partition coefficient (Wildman–Crippen LogP) is 4.01. The molecule has 0 aliphatic rings. The number of rotatable bonds is 4. The average Bonchev–Trinajstić information content (AvgIpc) is 2.91. The van der Waals surface area contributed by atoms with Gasteiger partial charge in [0.1, 0.15) is 5.75 Å². The summed E-state index contributed by atoms with van der Waals surface area (Å²) in [7, 11) is 0. The van der Waals surface area contributed by atoms with Crippen molar-refractivity contribution in [1.82, 2.24) is 4.98 Å². The molecule has 3 aromatic rings. The van der Waals surface area contributed by atoms with Crippen molar-refractivity contribution in [3.8, 4) is 5.75 Å². The third-order valence-corrected chi connectivity index (χ3v) is 4.24. The van der Waals surface area contributed by atoms with Gasteiger partial charge >= 0.3 is 0 Å². The predicted molar refractivity (Wildman–Crippen MR) is 89.5 cm³/mol. The molecule has 22 heavy (non-hydrogen) atoms. The second kappa shape index (κ2) is 6.15. The normalized spacial score (nSPS) is 12.1. The summed E-state index contributed by atoms with van der Waals surface area (Å²) in [6.07, 6.45) is -0.590. The highest BCUT2D eigenvalue weighted by molar-refractivity contribution is 7.22. The topological polar surface area (TPSA) is 51.2 Å². The van der Waals surface area contributed by atoms with E-state index in [0.717, 1.165) is 21.5 Å². The first-order valence-corrected chi connectivity index (χ1v) is 7.84. The number of fused-ring (bicyclic) bond motifs is 1. The van der Waals surface area contributed by atoms with Gasteiger partial charge in [0.25, 0.3) is 5.91 Å². The number of nitrogens with one attached hydrogen (secondary N) is 1. The SMILES string of the molecule is Cc1ccccc1O[C@H](C)C(=O)Nc1nc2ccccc2s1. The van der Waals surface area contributed by atoms with E-state index in [1.807, 2.05) is 55.5 Å². The smallest absolute Gasteiger partial charge is 0.266 e. The minimum absolute atomic E-state index is 0.206. The molecule has 3 rings (SSSR count). The number of benzene rings is 2. The fraction of sp³-hybridized carbons (Fsp3) is 0.176. The lowest BCUT2D eigenvalue weighted by molar-refractivity contribution is -0.122. The van der Waals surface area contributed by atoms with E-state index < -0.39 is 6.10 Å². The Bertz CT molecular complexity index is 780. The molecule has 5 heteroatoms. The van der Waals surface area contributed by atoms with Gasteiger partial charge in [0.15, 0.2) is 11.2 Å². The number of anilines is 1. The highest BCUT2D eigenvalue weighted by atomic mass is 32.1. The van der Waals surface area contributed by atoms with Crippen molar-refractivity contribution in [2.45, 2.75) is 20.0 Å². The lowest BCUT2D eigenvalue weighted by Crippen LogP contribution is -2.30. The second-order valence-electron chi connectivity index (χ2n) is 5.00. The fourth-order valence-electron chi connectivity index (χ4n) is 2.07. The minimum Gasteiger partial charge on any atom is -0.481 e. The number of aromatic nitrogens is 1. The molecule has 1 amide bonds. The molecule has 0 saturated heterocycles. The van der Waals surface area contributed by atoms with Crippen molar-refractivity contribution >= 4 is 32.6 Å². The molecule has 2 aromatic carbocycles. The molecule has 1 atom stereocenters. The lowest BCUT2D eigenvalue weighted by atomic mass is 10.2. The molecule has 1 N–H and O–H groups in total. The third-order valence-electron chi connectivity index (χ3n) is 3.29. The molecule has 0 bridgehead atoms. The van der Waals surface area contributed by atoms with Crippen LogP contribution in [0.3, 0.4) is 0 Å². The number of amides is 1. The van der Waals surface area contributed by atoms with E-state index in [-0.39, 0.29) is 5.91 Å². The molecule has 0 unspecified atom stereocenters. The van der Waals surface area contributed by atoms with Crippen LogP contribution in [0.15, 0.2) is 48.5 Å². The summed E-state index contributed by atoms with van der Waals surface area (Å²) < 4.78 is 6.76. The molecule has 1 heterocycles. The Balaban J connectivity index is 1.69. The van der Waals surface area contributed by atoms with Gasteiger partial charge in [0.2, 0.25) is 0 Å². The zero-order valence-corrected chi connectivity index (χ0v) is 13.2. The van der Waals surface area contributed by atoms with Gasteiger partial charge in [0, 0.05) is 0 Å². The number of nitrogens with zero attached hydrogens (tertiary/aromatic N) is 1. The van der Waals surface area contributed by atoms with Gasteiger partial charge in [-0.25, -0.2) is 4.98 Å². The summed E-state index contributed by atoms with van der Waals surface area (Å²) in [6.45, 7) is 3.68. The molecule has 0 spiro atoms. The summed E-state index contributed by atoms with van der Waals surface area (Å²) >= 11 is 1.45. The molecule has 0 radical (unpaired) electrons. The van der Waals surface area contributed by atoms with Gasteiger partial charge in [-0.2, -0.15) is 0 Å². The third kappa shape index (κ3) is 3.09. The van der Waals surface area contributed by atoms with Crippen LogP contribution in [-0.2, 0) is 4.79 Å². The first kappa shape index (κ1) is 14.5. The van der Waals surface area contributed by atoms with Crippen LogP contribution >= 0.6 is 11.3 Å². The molecular weight excluding hydrogens is 296 g/mol. The number of carbonyl (C=O) groups is 1. The fourth-order valence-corrected chi connectivity index (χ4v) is 2.93. The monoisotopic (exact) mass is 312 g/mol. The first-order chi connectivity index (χ1) is 10.6. The van der Waals surface area contributed by atoms with Crippen molar-refractivity contribution < 1.29 is 9.53 Å². The van der Waals surface area contributed by atoms with Crippen molar-refractivity contribution in [3.63, 3.8) is 0 Å². The van der Waals surface area contributed by atoms with Gasteiger partial charge in [0.05, 0.1) is 10.2 Å². The number of hydrogen-bond donors (Lipinski definition) is 1. The lowest BCUT2D eigenvalue weighted by Gasteiger charge is -2.15. The summed E-state index contributed by atoms with van der Waals surface area (Å²) in [6, 6.07) is 15.4. The Morgan fingerprint density at radius 1 is 1.18 bits per heavy atom. The average molecular weight is 312 g/mol. The van der Waals surface area contributed by atoms with Crippen LogP contribution in [0.1, 0.15) is 12.5 Å². The number of para-hydroxylation sites is 2. The van der Waals surface area contributed by atoms with E-state index in [0.29, 0.717) is 5.13 Å². The van der Waals surface area contributed by atoms with E-state index >= 15 is 0 Å². The van der Waals surface area contributed by atoms with Crippen molar-refractivity contribution in [2.24, 2.45) is 0 Å². The Labute approximate surface area is 132 Å². The van der Waals surface area contributed by atoms with E-state index in [2.05, 4.69) is 10.3 Å². The van der Waals surface area contributed by atoms with Crippen LogP contribution in [0.25, 0.3) is 10.2 Å². The summed E-state index contributed by atoms with van der Waals surface area (Å²) in [5.41, 5.74) is 1.89. The maximum atomic E-state index is 12.2. The summed E-state index contributed by atoms with van der Waals surface area (Å²) in [5, 5.41) is 3.40. The summed E-state index contributed by atoms with van der Waals surface area (Å²) in [4.78, 5) is 16.6.